The zero-order valence-electron chi connectivity index (χ0n) is 49.3. The highest BCUT2D eigenvalue weighted by atomic mass is 16.5. The molecule has 0 fully saturated rings. The van der Waals surface area contributed by atoms with Gasteiger partial charge in [0.05, 0.1) is 6.61 Å². The molecule has 0 aliphatic rings. The van der Waals surface area contributed by atoms with E-state index in [0.29, 0.717) is 6.61 Å². The molecular formula is C81H70N2O. The second-order valence-corrected chi connectivity index (χ2v) is 25.0. The smallest absolute Gasteiger partial charge is 0.136 e. The summed E-state index contributed by atoms with van der Waals surface area (Å²) in [5, 5.41) is 15.0. The molecule has 0 atom stereocenters. The van der Waals surface area contributed by atoms with Crippen LogP contribution in [-0.2, 0) is 10.8 Å². The molecule has 0 saturated heterocycles. The molecule has 0 heterocycles. The van der Waals surface area contributed by atoms with Gasteiger partial charge in [0.2, 0.25) is 0 Å². The third kappa shape index (κ3) is 9.24. The Kier molecular flexibility index (Phi) is 13.2. The minimum Gasteiger partial charge on any atom is -0.492 e. The molecule has 14 aromatic rings. The second-order valence-electron chi connectivity index (χ2n) is 25.0. The van der Waals surface area contributed by atoms with Crippen molar-refractivity contribution in [3.8, 4) is 39.1 Å². The Morgan fingerprint density at radius 1 is 0.321 bits per heavy atom. The summed E-state index contributed by atoms with van der Waals surface area (Å²) in [6.07, 6.45) is 3.14. The maximum absolute atomic E-state index is 7.61. The first-order valence-corrected chi connectivity index (χ1v) is 30.1. The van der Waals surface area contributed by atoms with Gasteiger partial charge in [-0.2, -0.15) is 0 Å². The first-order chi connectivity index (χ1) is 40.9. The molecule has 0 amide bonds. The summed E-state index contributed by atoms with van der Waals surface area (Å²) in [5.74, 6) is 0.927. The van der Waals surface area contributed by atoms with Gasteiger partial charge in [0, 0.05) is 45.3 Å². The van der Waals surface area contributed by atoms with Crippen molar-refractivity contribution in [3.63, 3.8) is 0 Å². The van der Waals surface area contributed by atoms with Crippen LogP contribution >= 0.6 is 0 Å². The van der Waals surface area contributed by atoms with Gasteiger partial charge in [-0.1, -0.05) is 231 Å². The normalized spacial score (nSPS) is 12.2. The minimum atomic E-state index is -0.0270. The van der Waals surface area contributed by atoms with Crippen LogP contribution in [-0.4, -0.2) is 6.61 Å². The lowest BCUT2D eigenvalue weighted by molar-refractivity contribution is 0.309. The molecule has 0 aromatic heterocycles. The largest absolute Gasteiger partial charge is 0.492 e. The highest BCUT2D eigenvalue weighted by molar-refractivity contribution is 6.33. The number of nitrogens with zero attached hydrogens (tertiary/aromatic N) is 2. The minimum absolute atomic E-state index is 0.0226. The van der Waals surface area contributed by atoms with Crippen LogP contribution in [0.1, 0.15) is 78.9 Å². The van der Waals surface area contributed by atoms with E-state index in [1.807, 2.05) is 0 Å². The summed E-state index contributed by atoms with van der Waals surface area (Å²) >= 11 is 0. The van der Waals surface area contributed by atoms with E-state index < -0.39 is 0 Å². The van der Waals surface area contributed by atoms with Gasteiger partial charge in [-0.05, 0) is 194 Å². The monoisotopic (exact) mass is 1090 g/mol. The fraction of sp³-hybridized carbons (Fsp3) is 0.160. The van der Waals surface area contributed by atoms with Crippen molar-refractivity contribution in [2.24, 2.45) is 0 Å². The van der Waals surface area contributed by atoms with Gasteiger partial charge in [-0.3, -0.25) is 0 Å². The molecule has 3 nitrogen and oxygen atoms in total. The lowest BCUT2D eigenvalue weighted by Gasteiger charge is -2.27. The van der Waals surface area contributed by atoms with E-state index in [1.165, 1.54) is 86.9 Å². The van der Waals surface area contributed by atoms with E-state index in [9.17, 15) is 0 Å². The Balaban J connectivity index is 1.08. The van der Waals surface area contributed by atoms with Crippen LogP contribution in [0.5, 0.6) is 5.75 Å². The fourth-order valence-electron chi connectivity index (χ4n) is 13.2. The Morgan fingerprint density at radius 2 is 0.679 bits per heavy atom. The highest BCUT2D eigenvalue weighted by Gasteiger charge is 2.29. The Hall–Kier alpha value is -9.44. The van der Waals surface area contributed by atoms with Crippen LogP contribution in [0.25, 0.3) is 98.0 Å². The third-order valence-corrected chi connectivity index (χ3v) is 17.5. The van der Waals surface area contributed by atoms with E-state index in [4.69, 9.17) is 4.74 Å². The number of unbranched alkanes of at least 4 members (excludes halogenated alkanes) is 2. The fourth-order valence-corrected chi connectivity index (χ4v) is 13.2. The van der Waals surface area contributed by atoms with Crippen molar-refractivity contribution in [3.05, 3.63) is 260 Å². The van der Waals surface area contributed by atoms with Crippen LogP contribution in [0.3, 0.4) is 0 Å². The van der Waals surface area contributed by atoms with Gasteiger partial charge in [0.15, 0.2) is 0 Å². The van der Waals surface area contributed by atoms with E-state index >= 15 is 0 Å². The standard InChI is InChI=1S/C81H70N2O/c1-8-9-22-47-84-79-75(54-33-41-66(42-34-54)83(63-27-18-12-19-28-63)64-29-20-13-21-30-64)69-45-37-57-50-60(81(5,6)7)51-58-38-46-70(77(69)74(57)58)78(79)72-52-71(67-43-35-55-48-59(80(2,3)4)49-56-36-44-68(72)76(67)73(55)56)53-31-39-65(40-32-53)82(61-23-14-10-15-24-61)62-25-16-11-17-26-62/h10-21,23-46,48-52H,8-9,22,47H2,1-7H3. The molecule has 0 saturated carbocycles. The molecule has 0 N–H and O–H groups in total. The summed E-state index contributed by atoms with van der Waals surface area (Å²) in [7, 11) is 0. The molecule has 0 bridgehead atoms. The van der Waals surface area contributed by atoms with Crippen LogP contribution in [0, 0.1) is 0 Å². The van der Waals surface area contributed by atoms with E-state index in [-0.39, 0.29) is 10.8 Å². The summed E-state index contributed by atoms with van der Waals surface area (Å²) in [4.78, 5) is 4.69. The molecule has 14 rings (SSSR count). The summed E-state index contributed by atoms with van der Waals surface area (Å²) in [5.41, 5.74) is 16.1. The van der Waals surface area contributed by atoms with Gasteiger partial charge in [0.25, 0.3) is 0 Å². The first-order valence-electron chi connectivity index (χ1n) is 30.1. The number of benzene rings is 14. The molecule has 0 aliphatic carbocycles. The molecule has 410 valence electrons. The highest BCUT2D eigenvalue weighted by Crippen LogP contribution is 2.55. The molecule has 3 heteroatoms. The molecule has 14 aromatic carbocycles. The number of hydrogen-bond acceptors (Lipinski definition) is 3. The topological polar surface area (TPSA) is 15.7 Å². The average molecular weight is 1090 g/mol. The van der Waals surface area contributed by atoms with Gasteiger partial charge in [0.1, 0.15) is 5.75 Å². The van der Waals surface area contributed by atoms with Crippen molar-refractivity contribution in [2.45, 2.75) is 78.6 Å². The Morgan fingerprint density at radius 3 is 1.08 bits per heavy atom. The quantitative estimate of drug-likeness (QED) is 0.0797. The van der Waals surface area contributed by atoms with Gasteiger partial charge in [-0.15, -0.1) is 0 Å². The SMILES string of the molecule is CCCCCOc1c(-c2ccc(N(c3ccccc3)c3ccccc3)cc2)c2ccc3cc(C(C)(C)C)cc4ccc(c1-c1cc(-c5ccc(N(c6ccccc6)c6ccccc6)cc5)c5ccc6cc(C(C)(C)C)cc7ccc1c5c67)c2c34. The number of rotatable bonds is 14. The van der Waals surface area contributed by atoms with Crippen LogP contribution in [0.15, 0.2) is 249 Å². The van der Waals surface area contributed by atoms with Crippen molar-refractivity contribution in [1.29, 1.82) is 0 Å². The van der Waals surface area contributed by atoms with E-state index in [1.54, 1.807) is 0 Å². The summed E-state index contributed by atoms with van der Waals surface area (Å²) in [6.45, 7) is 16.8. The number of para-hydroxylation sites is 4. The average Bonchev–Trinajstić information content (AvgIpc) is 1.03. The number of ether oxygens (including phenoxy) is 1. The lowest BCUT2D eigenvalue weighted by Crippen LogP contribution is -2.11. The molecular weight excluding hydrogens is 1020 g/mol. The predicted molar refractivity (Wildman–Crippen MR) is 362 cm³/mol. The third-order valence-electron chi connectivity index (χ3n) is 17.5. The summed E-state index contributed by atoms with van der Waals surface area (Å²) < 4.78 is 7.61. The first kappa shape index (κ1) is 52.6. The van der Waals surface area contributed by atoms with Crippen LogP contribution in [0.2, 0.25) is 0 Å². The van der Waals surface area contributed by atoms with Crippen LogP contribution in [0.4, 0.5) is 34.1 Å². The van der Waals surface area contributed by atoms with Crippen molar-refractivity contribution in [1.82, 2.24) is 0 Å². The van der Waals surface area contributed by atoms with Crippen molar-refractivity contribution >= 4 is 98.8 Å². The van der Waals surface area contributed by atoms with Crippen LogP contribution < -0.4 is 14.5 Å². The maximum atomic E-state index is 7.61. The lowest BCUT2D eigenvalue weighted by atomic mass is 9.79. The molecule has 0 unspecified atom stereocenters. The molecule has 84 heavy (non-hydrogen) atoms. The van der Waals surface area contributed by atoms with Crippen molar-refractivity contribution in [2.75, 3.05) is 16.4 Å². The van der Waals surface area contributed by atoms with Gasteiger partial charge < -0.3 is 14.5 Å². The van der Waals surface area contributed by atoms with E-state index in [2.05, 4.69) is 307 Å². The van der Waals surface area contributed by atoms with Crippen molar-refractivity contribution < 1.29 is 4.74 Å². The zero-order chi connectivity index (χ0) is 57.3. The number of hydrogen-bond donors (Lipinski definition) is 0. The number of anilines is 6. The van der Waals surface area contributed by atoms with Gasteiger partial charge >= 0.3 is 0 Å². The molecule has 0 aliphatic heterocycles. The zero-order valence-corrected chi connectivity index (χ0v) is 49.3. The van der Waals surface area contributed by atoms with Gasteiger partial charge in [-0.25, -0.2) is 0 Å². The van der Waals surface area contributed by atoms with E-state index in [0.717, 1.165) is 81.4 Å². The maximum Gasteiger partial charge on any atom is 0.136 e. The molecule has 0 spiro atoms. The second kappa shape index (κ2) is 21.1. The Labute approximate surface area is 494 Å². The Bertz CT molecular complexity index is 4560. The molecule has 0 radical (unpaired) electrons. The predicted octanol–water partition coefficient (Wildman–Crippen LogP) is 23.6. The summed E-state index contributed by atoms with van der Waals surface area (Å²) in [6, 6.07) is 92.7.